The highest BCUT2D eigenvalue weighted by atomic mass is 16.5. The molecule has 0 aliphatic rings. The molecule has 0 spiro atoms. The Hall–Kier alpha value is -2.22. The first-order chi connectivity index (χ1) is 13.7. The average molecular weight is 381 g/mol. The SMILES string of the molecule is CCCCOc1ccc(/C(CC)=C(\CC)c2ccc(OCCCC)cc2)cc1. The molecule has 0 aromatic heterocycles. The Labute approximate surface area is 171 Å². The van der Waals surface area contributed by atoms with E-state index in [0.29, 0.717) is 0 Å². The second-order valence-corrected chi connectivity index (χ2v) is 7.12. The van der Waals surface area contributed by atoms with Gasteiger partial charge in [0.1, 0.15) is 11.5 Å². The fraction of sp³-hybridized carbons (Fsp3) is 0.462. The average Bonchev–Trinajstić information content (AvgIpc) is 2.74. The summed E-state index contributed by atoms with van der Waals surface area (Å²) in [7, 11) is 0. The van der Waals surface area contributed by atoms with E-state index in [9.17, 15) is 0 Å². The largest absolute Gasteiger partial charge is 0.494 e. The Bertz CT molecular complexity index is 648. The lowest BCUT2D eigenvalue weighted by atomic mass is 9.91. The third kappa shape index (κ3) is 6.44. The van der Waals surface area contributed by atoms with E-state index < -0.39 is 0 Å². The molecule has 0 N–H and O–H groups in total. The zero-order chi connectivity index (χ0) is 20.2. The molecule has 2 aromatic carbocycles. The molecular formula is C26H36O2. The van der Waals surface area contributed by atoms with Gasteiger partial charge >= 0.3 is 0 Å². The van der Waals surface area contributed by atoms with Crippen LogP contribution in [0.15, 0.2) is 48.5 Å². The summed E-state index contributed by atoms with van der Waals surface area (Å²) < 4.78 is 11.6. The second-order valence-electron chi connectivity index (χ2n) is 7.12. The Morgan fingerprint density at radius 3 is 1.21 bits per heavy atom. The molecule has 152 valence electrons. The molecule has 0 aliphatic heterocycles. The van der Waals surface area contributed by atoms with Gasteiger partial charge in [-0.3, -0.25) is 0 Å². The van der Waals surface area contributed by atoms with Crippen molar-refractivity contribution in [3.8, 4) is 11.5 Å². The lowest BCUT2D eigenvalue weighted by molar-refractivity contribution is 0.309. The van der Waals surface area contributed by atoms with Gasteiger partial charge in [-0.1, -0.05) is 64.8 Å². The van der Waals surface area contributed by atoms with Gasteiger partial charge in [0, 0.05) is 0 Å². The molecule has 28 heavy (non-hydrogen) atoms. The minimum absolute atomic E-state index is 0.791. The van der Waals surface area contributed by atoms with Crippen molar-refractivity contribution >= 4 is 11.1 Å². The van der Waals surface area contributed by atoms with Crippen LogP contribution in [-0.2, 0) is 0 Å². The first kappa shape index (κ1) is 22.1. The zero-order valence-corrected chi connectivity index (χ0v) is 18.1. The summed E-state index contributed by atoms with van der Waals surface area (Å²) in [5.74, 6) is 1.92. The van der Waals surface area contributed by atoms with Gasteiger partial charge in [-0.2, -0.15) is 0 Å². The Kier molecular flexibility index (Phi) is 9.68. The van der Waals surface area contributed by atoms with Crippen molar-refractivity contribution in [2.75, 3.05) is 13.2 Å². The first-order valence-electron chi connectivity index (χ1n) is 10.9. The summed E-state index contributed by atoms with van der Waals surface area (Å²) in [6.07, 6.45) is 6.52. The van der Waals surface area contributed by atoms with Crippen LogP contribution in [0.1, 0.15) is 77.3 Å². The first-order valence-corrected chi connectivity index (χ1v) is 10.9. The van der Waals surface area contributed by atoms with Crippen LogP contribution >= 0.6 is 0 Å². The number of rotatable bonds is 12. The van der Waals surface area contributed by atoms with Gasteiger partial charge in [0.15, 0.2) is 0 Å². The molecule has 0 aliphatic carbocycles. The van der Waals surface area contributed by atoms with Gasteiger partial charge < -0.3 is 9.47 Å². The van der Waals surface area contributed by atoms with E-state index in [2.05, 4.69) is 76.2 Å². The van der Waals surface area contributed by atoms with E-state index in [-0.39, 0.29) is 0 Å². The Morgan fingerprint density at radius 1 is 0.571 bits per heavy atom. The number of hydrogen-bond donors (Lipinski definition) is 0. The normalized spacial score (nSPS) is 11.9. The minimum Gasteiger partial charge on any atom is -0.494 e. The van der Waals surface area contributed by atoms with E-state index in [1.165, 1.54) is 22.3 Å². The molecule has 0 atom stereocenters. The van der Waals surface area contributed by atoms with Crippen LogP contribution in [0.5, 0.6) is 11.5 Å². The monoisotopic (exact) mass is 380 g/mol. The maximum Gasteiger partial charge on any atom is 0.119 e. The van der Waals surface area contributed by atoms with E-state index in [1.54, 1.807) is 0 Å². The maximum atomic E-state index is 5.81. The lowest BCUT2D eigenvalue weighted by Gasteiger charge is -2.15. The quantitative estimate of drug-likeness (QED) is 0.276. The highest BCUT2D eigenvalue weighted by molar-refractivity contribution is 5.90. The van der Waals surface area contributed by atoms with Crippen molar-refractivity contribution in [1.29, 1.82) is 0 Å². The van der Waals surface area contributed by atoms with E-state index in [1.807, 2.05) is 0 Å². The van der Waals surface area contributed by atoms with Crippen LogP contribution in [0.25, 0.3) is 11.1 Å². The van der Waals surface area contributed by atoms with Crippen molar-refractivity contribution in [2.45, 2.75) is 66.2 Å². The predicted octanol–water partition coefficient (Wildman–Crippen LogP) is 7.78. The van der Waals surface area contributed by atoms with Crippen LogP contribution in [0, 0.1) is 0 Å². The fourth-order valence-corrected chi connectivity index (χ4v) is 3.36. The highest BCUT2D eigenvalue weighted by Gasteiger charge is 2.10. The van der Waals surface area contributed by atoms with Crippen molar-refractivity contribution in [3.05, 3.63) is 59.7 Å². The molecule has 2 heteroatoms. The smallest absolute Gasteiger partial charge is 0.119 e. The number of allylic oxidation sites excluding steroid dienone is 2. The standard InChI is InChI=1S/C26H36O2/c1-5-9-19-27-23-15-11-21(12-16-23)25(7-3)26(8-4)22-13-17-24(18-14-22)28-20-10-6-2/h11-18H,5-10,19-20H2,1-4H3/b26-25+. The third-order valence-corrected chi connectivity index (χ3v) is 5.01. The highest BCUT2D eigenvalue weighted by Crippen LogP contribution is 2.33. The van der Waals surface area contributed by atoms with E-state index in [4.69, 9.17) is 9.47 Å². The van der Waals surface area contributed by atoms with Crippen LogP contribution in [0.2, 0.25) is 0 Å². The summed E-state index contributed by atoms with van der Waals surface area (Å²) in [5.41, 5.74) is 5.38. The minimum atomic E-state index is 0.791. The summed E-state index contributed by atoms with van der Waals surface area (Å²) in [5, 5.41) is 0. The van der Waals surface area contributed by atoms with Gasteiger partial charge in [0.2, 0.25) is 0 Å². The van der Waals surface area contributed by atoms with Gasteiger partial charge in [-0.05, 0) is 72.2 Å². The molecule has 0 heterocycles. The Morgan fingerprint density at radius 2 is 0.929 bits per heavy atom. The number of unbranched alkanes of at least 4 members (excludes halogenated alkanes) is 2. The van der Waals surface area contributed by atoms with Crippen LogP contribution in [0.4, 0.5) is 0 Å². The van der Waals surface area contributed by atoms with Crippen LogP contribution in [-0.4, -0.2) is 13.2 Å². The van der Waals surface area contributed by atoms with Crippen molar-refractivity contribution in [1.82, 2.24) is 0 Å². The number of hydrogen-bond acceptors (Lipinski definition) is 2. The van der Waals surface area contributed by atoms with Gasteiger partial charge in [0.25, 0.3) is 0 Å². The van der Waals surface area contributed by atoms with E-state index in [0.717, 1.165) is 63.2 Å². The maximum absolute atomic E-state index is 5.81. The fourth-order valence-electron chi connectivity index (χ4n) is 3.36. The zero-order valence-electron chi connectivity index (χ0n) is 18.1. The molecule has 0 saturated heterocycles. The summed E-state index contributed by atoms with van der Waals surface area (Å²) in [6, 6.07) is 17.2. The Balaban J connectivity index is 2.19. The number of ether oxygens (including phenoxy) is 2. The lowest BCUT2D eigenvalue weighted by Crippen LogP contribution is -1.97. The molecule has 0 unspecified atom stereocenters. The van der Waals surface area contributed by atoms with Crippen molar-refractivity contribution in [2.24, 2.45) is 0 Å². The van der Waals surface area contributed by atoms with Crippen LogP contribution < -0.4 is 9.47 Å². The molecular weight excluding hydrogens is 344 g/mol. The summed E-state index contributed by atoms with van der Waals surface area (Å²) >= 11 is 0. The van der Waals surface area contributed by atoms with Gasteiger partial charge in [-0.15, -0.1) is 0 Å². The molecule has 2 rings (SSSR count). The van der Waals surface area contributed by atoms with Crippen LogP contribution in [0.3, 0.4) is 0 Å². The molecule has 0 radical (unpaired) electrons. The van der Waals surface area contributed by atoms with Gasteiger partial charge in [0.05, 0.1) is 13.2 Å². The second kappa shape index (κ2) is 12.3. The predicted molar refractivity (Wildman–Crippen MR) is 121 cm³/mol. The van der Waals surface area contributed by atoms with E-state index >= 15 is 0 Å². The molecule has 0 bridgehead atoms. The molecule has 0 amide bonds. The third-order valence-electron chi connectivity index (χ3n) is 5.01. The van der Waals surface area contributed by atoms with Crippen molar-refractivity contribution < 1.29 is 9.47 Å². The summed E-state index contributed by atoms with van der Waals surface area (Å²) in [4.78, 5) is 0. The molecule has 0 saturated carbocycles. The van der Waals surface area contributed by atoms with Gasteiger partial charge in [-0.25, -0.2) is 0 Å². The molecule has 2 nitrogen and oxygen atoms in total. The van der Waals surface area contributed by atoms with Crippen molar-refractivity contribution in [3.63, 3.8) is 0 Å². The molecule has 0 fully saturated rings. The molecule has 2 aromatic rings. The topological polar surface area (TPSA) is 18.5 Å². The summed E-state index contributed by atoms with van der Waals surface area (Å²) in [6.45, 7) is 10.4. The number of benzene rings is 2.